The molecule has 3 aliphatic heterocycles. The third-order valence-corrected chi connectivity index (χ3v) is 6.89. The summed E-state index contributed by atoms with van der Waals surface area (Å²) < 4.78 is 26.3. The molecule has 2 saturated heterocycles. The predicted molar refractivity (Wildman–Crippen MR) is 124 cm³/mol. The number of amides is 3. The zero-order valence-electron chi connectivity index (χ0n) is 19.8. The Morgan fingerprint density at radius 2 is 1.78 bits per heavy atom. The van der Waals surface area contributed by atoms with E-state index in [9.17, 15) is 29.7 Å². The molecule has 2 aromatic carbocycles. The van der Waals surface area contributed by atoms with E-state index in [4.69, 9.17) is 9.47 Å². The second-order valence-electron chi connectivity index (χ2n) is 9.20. The number of carbonyl (C=O) groups is 3. The number of nitrogens with zero attached hydrogens (tertiary/aromatic N) is 2. The summed E-state index contributed by atoms with van der Waals surface area (Å²) in [6, 6.07) is 3.90. The number of hydrogen-bond donors (Lipinski definition) is 4. The second-order valence-corrected chi connectivity index (χ2v) is 9.20. The van der Waals surface area contributed by atoms with Crippen molar-refractivity contribution in [2.45, 2.75) is 38.6 Å². The van der Waals surface area contributed by atoms with Gasteiger partial charge in [0.1, 0.15) is 18.5 Å². The van der Waals surface area contributed by atoms with Crippen LogP contribution in [0.25, 0.3) is 0 Å². The lowest BCUT2D eigenvalue weighted by molar-refractivity contribution is -0.136. The summed E-state index contributed by atoms with van der Waals surface area (Å²) in [6.07, 6.45) is 0.114. The van der Waals surface area contributed by atoms with Gasteiger partial charge in [0.2, 0.25) is 23.3 Å². The van der Waals surface area contributed by atoms with E-state index < -0.39 is 46.8 Å². The number of piperidine rings is 1. The van der Waals surface area contributed by atoms with Crippen LogP contribution in [0.2, 0.25) is 0 Å². The molecule has 2 fully saturated rings. The summed E-state index contributed by atoms with van der Waals surface area (Å²) in [7, 11) is 0. The second kappa shape index (κ2) is 9.87. The molecular weight excluding hydrogens is 489 g/mol. The molecule has 12 heteroatoms. The number of carbonyl (C=O) groups excluding carboxylic acids is 3. The van der Waals surface area contributed by atoms with Crippen molar-refractivity contribution in [1.82, 2.24) is 15.1 Å². The Balaban J connectivity index is 1.40. The number of morpholine rings is 1. The van der Waals surface area contributed by atoms with Crippen LogP contribution in [0.5, 0.6) is 23.0 Å². The van der Waals surface area contributed by atoms with Gasteiger partial charge in [-0.25, -0.2) is 4.39 Å². The average Bonchev–Trinajstić information content (AvgIpc) is 3.22. The minimum Gasteiger partial charge on any atom is -0.504 e. The van der Waals surface area contributed by atoms with Gasteiger partial charge in [-0.05, 0) is 6.42 Å². The Labute approximate surface area is 211 Å². The molecule has 3 heterocycles. The number of phenolic OH excluding ortho intramolecular Hbond substituents is 3. The highest BCUT2D eigenvalue weighted by Gasteiger charge is 2.43. The lowest BCUT2D eigenvalue weighted by atomic mass is 10.0. The van der Waals surface area contributed by atoms with Crippen LogP contribution in [0.3, 0.4) is 0 Å². The van der Waals surface area contributed by atoms with Crippen LogP contribution in [0, 0.1) is 5.82 Å². The Kier molecular flexibility index (Phi) is 6.61. The van der Waals surface area contributed by atoms with E-state index in [0.717, 1.165) is 4.90 Å². The monoisotopic (exact) mass is 515 g/mol. The van der Waals surface area contributed by atoms with E-state index in [-0.39, 0.29) is 48.4 Å². The van der Waals surface area contributed by atoms with Crippen LogP contribution in [0.4, 0.5) is 4.39 Å². The maximum absolute atomic E-state index is 15.3. The third-order valence-electron chi connectivity index (χ3n) is 6.89. The molecule has 196 valence electrons. The van der Waals surface area contributed by atoms with Crippen molar-refractivity contribution in [3.8, 4) is 23.0 Å². The fourth-order valence-corrected chi connectivity index (χ4v) is 4.91. The number of ether oxygens (including phenoxy) is 2. The molecular formula is C25H26FN3O8. The van der Waals surface area contributed by atoms with E-state index in [1.54, 1.807) is 12.1 Å². The first-order valence-electron chi connectivity index (χ1n) is 11.9. The lowest BCUT2D eigenvalue weighted by Crippen LogP contribution is -2.52. The number of halogens is 1. The molecule has 4 N–H and O–H groups in total. The lowest BCUT2D eigenvalue weighted by Gasteiger charge is -2.29. The van der Waals surface area contributed by atoms with Gasteiger partial charge in [0.25, 0.3) is 5.91 Å². The van der Waals surface area contributed by atoms with E-state index in [1.165, 1.54) is 6.07 Å². The fourth-order valence-electron chi connectivity index (χ4n) is 4.91. The van der Waals surface area contributed by atoms with Gasteiger partial charge >= 0.3 is 0 Å². The van der Waals surface area contributed by atoms with Crippen molar-refractivity contribution in [3.05, 3.63) is 46.3 Å². The number of hydrogen-bond acceptors (Lipinski definition) is 9. The number of imide groups is 1. The fraction of sp³-hybridized carbons (Fsp3) is 0.400. The van der Waals surface area contributed by atoms with Crippen molar-refractivity contribution < 1.29 is 43.6 Å². The first-order valence-corrected chi connectivity index (χ1v) is 11.9. The molecule has 0 saturated carbocycles. The van der Waals surface area contributed by atoms with E-state index >= 15 is 4.39 Å². The maximum atomic E-state index is 15.3. The summed E-state index contributed by atoms with van der Waals surface area (Å²) in [5.41, 5.74) is 0.381. The van der Waals surface area contributed by atoms with Crippen LogP contribution in [0.1, 0.15) is 39.9 Å². The smallest absolute Gasteiger partial charge is 0.259 e. The van der Waals surface area contributed by atoms with Gasteiger partial charge in [-0.2, -0.15) is 0 Å². The Morgan fingerprint density at radius 1 is 1.05 bits per heavy atom. The molecule has 0 aliphatic carbocycles. The number of aromatic hydroxyl groups is 3. The molecule has 3 aliphatic rings. The van der Waals surface area contributed by atoms with E-state index in [0.29, 0.717) is 38.4 Å². The minimum atomic E-state index is -0.983. The van der Waals surface area contributed by atoms with Crippen molar-refractivity contribution in [2.75, 3.05) is 26.3 Å². The maximum Gasteiger partial charge on any atom is 0.259 e. The molecule has 1 unspecified atom stereocenters. The zero-order chi connectivity index (χ0) is 26.3. The molecule has 0 spiro atoms. The van der Waals surface area contributed by atoms with Crippen LogP contribution in [0.15, 0.2) is 18.2 Å². The number of fused-ring (bicyclic) bond motifs is 1. The molecule has 0 radical (unpaired) electrons. The molecule has 0 aromatic heterocycles. The van der Waals surface area contributed by atoms with E-state index in [1.807, 2.05) is 0 Å². The van der Waals surface area contributed by atoms with Crippen LogP contribution in [-0.4, -0.2) is 75.2 Å². The largest absolute Gasteiger partial charge is 0.504 e. The molecule has 37 heavy (non-hydrogen) atoms. The van der Waals surface area contributed by atoms with Gasteiger partial charge in [-0.3, -0.25) is 24.6 Å². The van der Waals surface area contributed by atoms with Gasteiger partial charge in [-0.15, -0.1) is 0 Å². The Morgan fingerprint density at radius 3 is 2.51 bits per heavy atom. The summed E-state index contributed by atoms with van der Waals surface area (Å²) >= 11 is 0. The molecule has 3 amide bonds. The number of benzene rings is 2. The number of nitrogens with one attached hydrogen (secondary N) is 1. The molecule has 1 atom stereocenters. The Bertz CT molecular complexity index is 1280. The van der Waals surface area contributed by atoms with Crippen LogP contribution < -0.4 is 10.1 Å². The predicted octanol–water partition coefficient (Wildman–Crippen LogP) is 1.11. The van der Waals surface area contributed by atoms with Gasteiger partial charge in [0, 0.05) is 42.7 Å². The van der Waals surface area contributed by atoms with Crippen LogP contribution >= 0.6 is 0 Å². The van der Waals surface area contributed by atoms with Crippen molar-refractivity contribution in [3.63, 3.8) is 0 Å². The molecule has 2 aromatic rings. The van der Waals surface area contributed by atoms with Crippen molar-refractivity contribution in [1.29, 1.82) is 0 Å². The molecule has 11 nitrogen and oxygen atoms in total. The Hall–Kier alpha value is -3.90. The first kappa shape index (κ1) is 24.8. The molecule has 5 rings (SSSR count). The van der Waals surface area contributed by atoms with Gasteiger partial charge in [0.15, 0.2) is 11.5 Å². The highest BCUT2D eigenvalue weighted by molar-refractivity contribution is 6.07. The third kappa shape index (κ3) is 4.53. The quantitative estimate of drug-likeness (QED) is 0.328. The first-order chi connectivity index (χ1) is 17.8. The highest BCUT2D eigenvalue weighted by atomic mass is 19.1. The van der Waals surface area contributed by atoms with Crippen molar-refractivity contribution >= 4 is 17.7 Å². The summed E-state index contributed by atoms with van der Waals surface area (Å²) in [5, 5.41) is 33.4. The summed E-state index contributed by atoms with van der Waals surface area (Å²) in [5.74, 6) is -5.27. The average molecular weight is 515 g/mol. The van der Waals surface area contributed by atoms with Gasteiger partial charge in [-0.1, -0.05) is 18.2 Å². The van der Waals surface area contributed by atoms with Crippen LogP contribution in [-0.2, 0) is 34.0 Å². The zero-order valence-corrected chi connectivity index (χ0v) is 19.8. The number of phenols is 3. The van der Waals surface area contributed by atoms with Gasteiger partial charge in [0.05, 0.1) is 25.3 Å². The van der Waals surface area contributed by atoms with Gasteiger partial charge < -0.3 is 29.7 Å². The SMILES string of the molecule is O=C1CCC(N2Cc3c(OCc4cccc(CN5CCOCC5)c4F)c(O)c(O)c(O)c3C2=O)C(=O)N1. The standard InChI is InChI=1S/C25H26FN3O8/c26-19-13(10-28-6-8-36-9-7-28)2-1-3-14(19)12-37-23-15-11-29(16-4-5-17(30)27-24(16)34)25(35)18(15)20(31)21(32)22(23)33/h1-3,16,31-33H,4-12H2,(H,27,30,34). The summed E-state index contributed by atoms with van der Waals surface area (Å²) in [6.45, 7) is 2.35. The summed E-state index contributed by atoms with van der Waals surface area (Å²) in [4.78, 5) is 40.2. The topological polar surface area (TPSA) is 149 Å². The number of rotatable bonds is 6. The van der Waals surface area contributed by atoms with E-state index in [2.05, 4.69) is 10.2 Å². The molecule has 0 bridgehead atoms. The normalized spacial score (nSPS) is 20.2. The van der Waals surface area contributed by atoms with Crippen molar-refractivity contribution in [2.24, 2.45) is 0 Å². The minimum absolute atomic E-state index is 0.0302. The highest BCUT2D eigenvalue weighted by Crippen LogP contribution is 2.51.